The minimum atomic E-state index is -0.428. The van der Waals surface area contributed by atoms with Gasteiger partial charge in [0.2, 0.25) is 0 Å². The lowest BCUT2D eigenvalue weighted by Crippen LogP contribution is -2.30. The van der Waals surface area contributed by atoms with E-state index in [1.54, 1.807) is 6.07 Å². The molecule has 0 spiro atoms. The lowest BCUT2D eigenvalue weighted by molar-refractivity contribution is 0.0944. The molecule has 1 aromatic heterocycles. The summed E-state index contributed by atoms with van der Waals surface area (Å²) in [6.45, 7) is 6.19. The van der Waals surface area contributed by atoms with Gasteiger partial charge >= 0.3 is 0 Å². The number of hydrogen-bond acceptors (Lipinski definition) is 5. The largest absolute Gasteiger partial charge is 0.359 e. The maximum Gasteiger partial charge on any atom is 0.287 e. The van der Waals surface area contributed by atoms with Crippen LogP contribution >= 0.6 is 0 Å². The van der Waals surface area contributed by atoms with E-state index in [9.17, 15) is 4.79 Å². The summed E-state index contributed by atoms with van der Waals surface area (Å²) >= 11 is 0. The van der Waals surface area contributed by atoms with E-state index in [0.29, 0.717) is 24.3 Å². The first-order chi connectivity index (χ1) is 8.10. The molecule has 1 fully saturated rings. The Bertz CT molecular complexity index is 404. The van der Waals surface area contributed by atoms with Crippen LogP contribution in [-0.4, -0.2) is 28.6 Å². The summed E-state index contributed by atoms with van der Waals surface area (Å²) in [5.41, 5.74) is 2.25. The Morgan fingerprint density at radius 1 is 1.71 bits per heavy atom. The number of nitrogen functional groups attached to an aromatic ring is 1. The maximum atomic E-state index is 11.2. The third-order valence-electron chi connectivity index (χ3n) is 3.19. The summed E-state index contributed by atoms with van der Waals surface area (Å²) in [6, 6.07) is 2.18. The monoisotopic (exact) mass is 238 g/mol. The molecule has 2 unspecified atom stereocenters. The van der Waals surface area contributed by atoms with Gasteiger partial charge in [0.05, 0.1) is 6.54 Å². The highest BCUT2D eigenvalue weighted by Crippen LogP contribution is 2.24. The number of nitrogens with zero attached hydrogens (tertiary/aromatic N) is 2. The Kier molecular flexibility index (Phi) is 3.44. The zero-order chi connectivity index (χ0) is 12.4. The van der Waals surface area contributed by atoms with Gasteiger partial charge in [0.15, 0.2) is 11.5 Å². The Morgan fingerprint density at radius 2 is 2.47 bits per heavy atom. The van der Waals surface area contributed by atoms with Gasteiger partial charge in [-0.15, -0.1) is 0 Å². The average Bonchev–Trinajstić information content (AvgIpc) is 2.86. The van der Waals surface area contributed by atoms with Crippen molar-refractivity contribution in [3.63, 3.8) is 0 Å². The topological polar surface area (TPSA) is 84.4 Å². The van der Waals surface area contributed by atoms with Crippen LogP contribution in [0.2, 0.25) is 0 Å². The summed E-state index contributed by atoms with van der Waals surface area (Å²) in [7, 11) is 0. The van der Waals surface area contributed by atoms with Gasteiger partial charge in [-0.25, -0.2) is 5.84 Å². The molecule has 0 bridgehead atoms. The Labute approximate surface area is 100 Å². The van der Waals surface area contributed by atoms with Gasteiger partial charge in [-0.05, 0) is 19.3 Å². The molecular formula is C11H18N4O2. The van der Waals surface area contributed by atoms with Crippen LogP contribution in [0.15, 0.2) is 10.6 Å². The molecule has 1 amide bonds. The van der Waals surface area contributed by atoms with E-state index in [-0.39, 0.29) is 5.69 Å². The second kappa shape index (κ2) is 4.85. The van der Waals surface area contributed by atoms with Gasteiger partial charge in [0.25, 0.3) is 5.91 Å². The minimum Gasteiger partial charge on any atom is -0.359 e. The fourth-order valence-electron chi connectivity index (χ4n) is 2.38. The zero-order valence-electron chi connectivity index (χ0n) is 10.1. The number of rotatable bonds is 3. The number of nitrogens with one attached hydrogen (secondary N) is 1. The maximum absolute atomic E-state index is 11.2. The highest BCUT2D eigenvalue weighted by molar-refractivity contribution is 5.91. The highest BCUT2D eigenvalue weighted by atomic mass is 16.5. The second-order valence-corrected chi connectivity index (χ2v) is 4.77. The van der Waals surface area contributed by atoms with Crippen molar-refractivity contribution in [1.82, 2.24) is 15.5 Å². The standard InChI is InChI=1S/C11H18N4O2/c1-7-3-8(2)15(5-7)6-9-4-10(14-17-9)11(16)13-12/h4,7-8H,3,5-6,12H2,1-2H3,(H,13,16). The van der Waals surface area contributed by atoms with Crippen LogP contribution in [0, 0.1) is 5.92 Å². The van der Waals surface area contributed by atoms with Crippen molar-refractivity contribution in [3.05, 3.63) is 17.5 Å². The molecule has 6 nitrogen and oxygen atoms in total. The van der Waals surface area contributed by atoms with E-state index < -0.39 is 5.91 Å². The molecule has 2 rings (SSSR count). The molecule has 94 valence electrons. The van der Waals surface area contributed by atoms with E-state index in [1.165, 1.54) is 6.42 Å². The molecule has 1 aliphatic heterocycles. The molecule has 17 heavy (non-hydrogen) atoms. The normalized spacial score (nSPS) is 25.1. The molecule has 6 heteroatoms. The summed E-state index contributed by atoms with van der Waals surface area (Å²) in [4.78, 5) is 13.5. The molecule has 0 radical (unpaired) electrons. The summed E-state index contributed by atoms with van der Waals surface area (Å²) in [6.07, 6.45) is 1.20. The number of carbonyl (C=O) groups is 1. The van der Waals surface area contributed by atoms with Crippen molar-refractivity contribution < 1.29 is 9.32 Å². The van der Waals surface area contributed by atoms with Gasteiger partial charge in [-0.1, -0.05) is 12.1 Å². The van der Waals surface area contributed by atoms with Gasteiger partial charge in [0, 0.05) is 18.7 Å². The number of amides is 1. The zero-order valence-corrected chi connectivity index (χ0v) is 10.1. The summed E-state index contributed by atoms with van der Waals surface area (Å²) < 4.78 is 5.13. The van der Waals surface area contributed by atoms with Crippen molar-refractivity contribution in [1.29, 1.82) is 0 Å². The van der Waals surface area contributed by atoms with Crippen LogP contribution < -0.4 is 11.3 Å². The predicted octanol–water partition coefficient (Wildman–Crippen LogP) is 0.508. The fourth-order valence-corrected chi connectivity index (χ4v) is 2.38. The lowest BCUT2D eigenvalue weighted by atomic mass is 10.1. The van der Waals surface area contributed by atoms with E-state index in [1.807, 2.05) is 5.43 Å². The summed E-state index contributed by atoms with van der Waals surface area (Å²) in [5.74, 6) is 6.00. The summed E-state index contributed by atoms with van der Waals surface area (Å²) in [5, 5.41) is 3.68. The molecule has 1 aromatic rings. The third-order valence-corrected chi connectivity index (χ3v) is 3.19. The third kappa shape index (κ3) is 2.65. The van der Waals surface area contributed by atoms with Crippen molar-refractivity contribution in [2.75, 3.05) is 6.54 Å². The average molecular weight is 238 g/mol. The van der Waals surface area contributed by atoms with Crippen molar-refractivity contribution in [3.8, 4) is 0 Å². The van der Waals surface area contributed by atoms with Gasteiger partial charge in [0.1, 0.15) is 0 Å². The number of likely N-dealkylation sites (tertiary alicyclic amines) is 1. The molecule has 1 aliphatic rings. The first-order valence-corrected chi connectivity index (χ1v) is 5.80. The van der Waals surface area contributed by atoms with E-state index in [2.05, 4.69) is 23.9 Å². The quantitative estimate of drug-likeness (QED) is 0.455. The van der Waals surface area contributed by atoms with Crippen LogP contribution in [0.4, 0.5) is 0 Å². The molecule has 2 atom stereocenters. The molecule has 0 saturated carbocycles. The molecular weight excluding hydrogens is 220 g/mol. The number of aromatic nitrogens is 1. The van der Waals surface area contributed by atoms with E-state index in [0.717, 1.165) is 6.54 Å². The van der Waals surface area contributed by atoms with Crippen LogP contribution in [0.5, 0.6) is 0 Å². The van der Waals surface area contributed by atoms with E-state index in [4.69, 9.17) is 10.4 Å². The van der Waals surface area contributed by atoms with Crippen molar-refractivity contribution in [2.45, 2.75) is 32.9 Å². The number of hydrogen-bond donors (Lipinski definition) is 2. The number of nitrogens with two attached hydrogens (primary N) is 1. The van der Waals surface area contributed by atoms with Crippen LogP contribution in [-0.2, 0) is 6.54 Å². The minimum absolute atomic E-state index is 0.224. The Hall–Kier alpha value is -1.40. The van der Waals surface area contributed by atoms with Crippen LogP contribution in [0.3, 0.4) is 0 Å². The SMILES string of the molecule is CC1CC(C)N(Cc2cc(C(=O)NN)no2)C1. The van der Waals surface area contributed by atoms with Crippen LogP contribution in [0.1, 0.15) is 36.5 Å². The molecule has 0 aromatic carbocycles. The van der Waals surface area contributed by atoms with Gasteiger partial charge in [-0.3, -0.25) is 15.1 Å². The highest BCUT2D eigenvalue weighted by Gasteiger charge is 2.27. The molecule has 2 heterocycles. The van der Waals surface area contributed by atoms with Crippen LogP contribution in [0.25, 0.3) is 0 Å². The van der Waals surface area contributed by atoms with Gasteiger partial charge < -0.3 is 4.52 Å². The number of hydrazine groups is 1. The van der Waals surface area contributed by atoms with Gasteiger partial charge in [-0.2, -0.15) is 0 Å². The van der Waals surface area contributed by atoms with Crippen molar-refractivity contribution in [2.24, 2.45) is 11.8 Å². The first-order valence-electron chi connectivity index (χ1n) is 5.80. The van der Waals surface area contributed by atoms with Crippen molar-refractivity contribution >= 4 is 5.91 Å². The smallest absolute Gasteiger partial charge is 0.287 e. The second-order valence-electron chi connectivity index (χ2n) is 4.77. The lowest BCUT2D eigenvalue weighted by Gasteiger charge is -2.18. The fraction of sp³-hybridized carbons (Fsp3) is 0.636. The molecule has 1 saturated heterocycles. The first kappa shape index (κ1) is 12.1. The molecule has 3 N–H and O–H groups in total. The predicted molar refractivity (Wildman–Crippen MR) is 61.8 cm³/mol. The van der Waals surface area contributed by atoms with E-state index >= 15 is 0 Å². The Morgan fingerprint density at radius 3 is 3.06 bits per heavy atom. The number of carbonyl (C=O) groups excluding carboxylic acids is 1. The molecule has 0 aliphatic carbocycles. The Balaban J connectivity index is 1.99.